The maximum atomic E-state index is 3.54. The Morgan fingerprint density at radius 2 is 1.90 bits per heavy atom. The molecular weight excluding hydrogens is 274 g/mol. The van der Waals surface area contributed by atoms with Crippen LogP contribution in [0.25, 0.3) is 21.2 Å². The Bertz CT molecular complexity index is 755. The average Bonchev–Trinajstić information content (AvgIpc) is 2.94. The largest absolute Gasteiger partial charge is 0.310 e. The van der Waals surface area contributed by atoms with Crippen molar-refractivity contribution in [2.45, 2.75) is 33.4 Å². The summed E-state index contributed by atoms with van der Waals surface area (Å²) in [5.41, 5.74) is 5.39. The van der Waals surface area contributed by atoms with Crippen LogP contribution in [0.5, 0.6) is 0 Å². The molecule has 0 atom stereocenters. The minimum atomic E-state index is 0.497. The first kappa shape index (κ1) is 14.3. The molecule has 0 fully saturated rings. The van der Waals surface area contributed by atoms with Gasteiger partial charge in [0.2, 0.25) is 0 Å². The zero-order valence-electron chi connectivity index (χ0n) is 12.8. The van der Waals surface area contributed by atoms with Gasteiger partial charge in [-0.3, -0.25) is 0 Å². The van der Waals surface area contributed by atoms with Crippen LogP contribution in [0.15, 0.2) is 47.8 Å². The van der Waals surface area contributed by atoms with E-state index in [2.05, 4.69) is 73.9 Å². The van der Waals surface area contributed by atoms with Gasteiger partial charge in [-0.2, -0.15) is 0 Å². The van der Waals surface area contributed by atoms with Gasteiger partial charge in [0.25, 0.3) is 0 Å². The Balaban J connectivity index is 2.12. The van der Waals surface area contributed by atoms with Crippen LogP contribution in [0.1, 0.15) is 25.0 Å². The van der Waals surface area contributed by atoms with Crippen molar-refractivity contribution in [1.82, 2.24) is 5.32 Å². The number of thiophene rings is 1. The van der Waals surface area contributed by atoms with Crippen LogP contribution in [0.2, 0.25) is 0 Å². The fraction of sp³-hybridized carbons (Fsp3) is 0.263. The summed E-state index contributed by atoms with van der Waals surface area (Å²) in [5.74, 6) is 0. The molecular formula is C19H21NS. The number of hydrogen-bond acceptors (Lipinski definition) is 2. The predicted molar refractivity (Wildman–Crippen MR) is 94.0 cm³/mol. The van der Waals surface area contributed by atoms with Gasteiger partial charge in [0.15, 0.2) is 0 Å². The standard InChI is InChI=1S/C19H21NS/c1-13(2)20-12-16-8-7-14(3)11-18(16)17-6-4-5-15-9-10-21-19(15)17/h4-11,13,20H,12H2,1-3H3. The maximum Gasteiger partial charge on any atom is 0.0421 e. The molecule has 2 aromatic carbocycles. The molecule has 3 aromatic rings. The average molecular weight is 295 g/mol. The van der Waals surface area contributed by atoms with Crippen LogP contribution in [0.4, 0.5) is 0 Å². The normalized spacial score (nSPS) is 11.4. The summed E-state index contributed by atoms with van der Waals surface area (Å²) in [6.07, 6.45) is 0. The van der Waals surface area contributed by atoms with E-state index in [4.69, 9.17) is 0 Å². The third-order valence-corrected chi connectivity index (χ3v) is 4.70. The lowest BCUT2D eigenvalue weighted by Crippen LogP contribution is -2.22. The second-order valence-corrected chi connectivity index (χ2v) is 6.76. The number of hydrogen-bond donors (Lipinski definition) is 1. The van der Waals surface area contributed by atoms with Crippen LogP contribution >= 0.6 is 11.3 Å². The zero-order chi connectivity index (χ0) is 14.8. The molecule has 1 heterocycles. The maximum absolute atomic E-state index is 3.54. The third kappa shape index (κ3) is 3.02. The lowest BCUT2D eigenvalue weighted by atomic mass is 9.96. The highest BCUT2D eigenvalue weighted by atomic mass is 32.1. The number of benzene rings is 2. The van der Waals surface area contributed by atoms with Gasteiger partial charge in [-0.05, 0) is 40.4 Å². The molecule has 0 bridgehead atoms. The minimum Gasteiger partial charge on any atom is -0.310 e. The van der Waals surface area contributed by atoms with E-state index in [1.807, 2.05) is 11.3 Å². The highest BCUT2D eigenvalue weighted by molar-refractivity contribution is 7.17. The summed E-state index contributed by atoms with van der Waals surface area (Å²) in [6.45, 7) is 7.45. The molecule has 21 heavy (non-hydrogen) atoms. The first-order valence-electron chi connectivity index (χ1n) is 7.44. The van der Waals surface area contributed by atoms with Gasteiger partial charge >= 0.3 is 0 Å². The molecule has 1 nitrogen and oxygen atoms in total. The molecule has 0 saturated heterocycles. The van der Waals surface area contributed by atoms with E-state index in [1.54, 1.807) is 0 Å². The van der Waals surface area contributed by atoms with Gasteiger partial charge in [-0.25, -0.2) is 0 Å². The highest BCUT2D eigenvalue weighted by Gasteiger charge is 2.10. The van der Waals surface area contributed by atoms with E-state index in [9.17, 15) is 0 Å². The van der Waals surface area contributed by atoms with Crippen molar-refractivity contribution in [3.63, 3.8) is 0 Å². The van der Waals surface area contributed by atoms with E-state index in [0.717, 1.165) is 6.54 Å². The van der Waals surface area contributed by atoms with Gasteiger partial charge in [-0.1, -0.05) is 55.8 Å². The van der Waals surface area contributed by atoms with Crippen molar-refractivity contribution in [1.29, 1.82) is 0 Å². The van der Waals surface area contributed by atoms with Crippen molar-refractivity contribution in [3.8, 4) is 11.1 Å². The molecule has 0 saturated carbocycles. The molecule has 0 radical (unpaired) electrons. The van der Waals surface area contributed by atoms with E-state index >= 15 is 0 Å². The summed E-state index contributed by atoms with van der Waals surface area (Å²) < 4.78 is 1.38. The van der Waals surface area contributed by atoms with E-state index in [1.165, 1.54) is 32.3 Å². The quantitative estimate of drug-likeness (QED) is 0.682. The number of fused-ring (bicyclic) bond motifs is 1. The van der Waals surface area contributed by atoms with Crippen molar-refractivity contribution in [3.05, 3.63) is 59.0 Å². The molecule has 1 N–H and O–H groups in total. The van der Waals surface area contributed by atoms with Gasteiger partial charge in [0.1, 0.15) is 0 Å². The molecule has 0 amide bonds. The lowest BCUT2D eigenvalue weighted by Gasteiger charge is -2.14. The second-order valence-electron chi connectivity index (χ2n) is 5.84. The Morgan fingerprint density at radius 1 is 1.05 bits per heavy atom. The smallest absolute Gasteiger partial charge is 0.0421 e. The Kier molecular flexibility index (Phi) is 4.09. The summed E-state index contributed by atoms with van der Waals surface area (Å²) in [4.78, 5) is 0. The number of nitrogens with one attached hydrogen (secondary N) is 1. The van der Waals surface area contributed by atoms with Gasteiger partial charge in [0.05, 0.1) is 0 Å². The third-order valence-electron chi connectivity index (χ3n) is 3.74. The van der Waals surface area contributed by atoms with Crippen LogP contribution < -0.4 is 5.32 Å². The number of aryl methyl sites for hydroxylation is 1. The first-order chi connectivity index (χ1) is 10.1. The second kappa shape index (κ2) is 6.00. The molecule has 0 aliphatic heterocycles. The highest BCUT2D eigenvalue weighted by Crippen LogP contribution is 2.34. The molecule has 2 heteroatoms. The molecule has 0 aliphatic carbocycles. The van der Waals surface area contributed by atoms with E-state index < -0.39 is 0 Å². The fourth-order valence-corrected chi connectivity index (χ4v) is 3.54. The summed E-state index contributed by atoms with van der Waals surface area (Å²) in [7, 11) is 0. The first-order valence-corrected chi connectivity index (χ1v) is 8.32. The topological polar surface area (TPSA) is 12.0 Å². The van der Waals surface area contributed by atoms with E-state index in [-0.39, 0.29) is 0 Å². The van der Waals surface area contributed by atoms with Crippen LogP contribution in [0.3, 0.4) is 0 Å². The van der Waals surface area contributed by atoms with Crippen LogP contribution in [0, 0.1) is 6.92 Å². The van der Waals surface area contributed by atoms with Crippen molar-refractivity contribution in [2.24, 2.45) is 0 Å². The van der Waals surface area contributed by atoms with Crippen LogP contribution in [-0.4, -0.2) is 6.04 Å². The summed E-state index contributed by atoms with van der Waals surface area (Å²) in [5, 5.41) is 7.05. The summed E-state index contributed by atoms with van der Waals surface area (Å²) >= 11 is 1.83. The molecule has 3 rings (SSSR count). The SMILES string of the molecule is Cc1ccc(CNC(C)C)c(-c2cccc3ccsc23)c1. The molecule has 1 aromatic heterocycles. The van der Waals surface area contributed by atoms with Gasteiger partial charge in [-0.15, -0.1) is 11.3 Å². The fourth-order valence-electron chi connectivity index (χ4n) is 2.61. The van der Waals surface area contributed by atoms with Crippen molar-refractivity contribution >= 4 is 21.4 Å². The molecule has 0 spiro atoms. The van der Waals surface area contributed by atoms with Crippen molar-refractivity contribution in [2.75, 3.05) is 0 Å². The lowest BCUT2D eigenvalue weighted by molar-refractivity contribution is 0.589. The molecule has 0 aliphatic rings. The minimum absolute atomic E-state index is 0.497. The van der Waals surface area contributed by atoms with Crippen molar-refractivity contribution < 1.29 is 0 Å². The Hall–Kier alpha value is -1.64. The monoisotopic (exact) mass is 295 g/mol. The molecule has 0 unspecified atom stereocenters. The van der Waals surface area contributed by atoms with Gasteiger partial charge in [0, 0.05) is 17.3 Å². The van der Waals surface area contributed by atoms with Gasteiger partial charge < -0.3 is 5.32 Å². The molecule has 108 valence electrons. The summed E-state index contributed by atoms with van der Waals surface area (Å²) in [6, 6.07) is 16.1. The van der Waals surface area contributed by atoms with E-state index in [0.29, 0.717) is 6.04 Å². The van der Waals surface area contributed by atoms with Crippen LogP contribution in [-0.2, 0) is 6.54 Å². The Labute approximate surface area is 130 Å². The Morgan fingerprint density at radius 3 is 2.71 bits per heavy atom. The predicted octanol–water partition coefficient (Wildman–Crippen LogP) is 5.37. The number of rotatable bonds is 4. The zero-order valence-corrected chi connectivity index (χ0v) is 13.6.